The monoisotopic (exact) mass is 433 g/mol. The quantitative estimate of drug-likeness (QED) is 0.786. The maximum Gasteiger partial charge on any atom is 0.229 e. The minimum Gasteiger partial charge on any atom is -0.342 e. The maximum absolute atomic E-state index is 12.5. The number of amides is 2. The van der Waals surface area contributed by atoms with Crippen molar-refractivity contribution in [1.82, 2.24) is 9.88 Å². The number of rotatable bonds is 4. The van der Waals surface area contributed by atoms with Crippen LogP contribution in [0.25, 0.3) is 11.3 Å². The second kappa shape index (κ2) is 7.48. The van der Waals surface area contributed by atoms with Gasteiger partial charge in [-0.05, 0) is 37.8 Å². The molecule has 0 spiro atoms. The van der Waals surface area contributed by atoms with Crippen molar-refractivity contribution in [2.45, 2.75) is 25.7 Å². The number of piperidine rings is 1. The van der Waals surface area contributed by atoms with Gasteiger partial charge in [0.1, 0.15) is 0 Å². The summed E-state index contributed by atoms with van der Waals surface area (Å²) in [5, 5.41) is 5.53. The molecule has 5 nitrogen and oxygen atoms in total. The van der Waals surface area contributed by atoms with E-state index in [2.05, 4.69) is 26.2 Å². The van der Waals surface area contributed by atoms with E-state index in [1.165, 1.54) is 11.3 Å². The molecule has 1 aliphatic heterocycles. The Balaban J connectivity index is 1.33. The summed E-state index contributed by atoms with van der Waals surface area (Å²) in [5.41, 5.74) is 1.87. The van der Waals surface area contributed by atoms with Crippen LogP contribution in [0.2, 0.25) is 0 Å². The lowest BCUT2D eigenvalue weighted by atomic mass is 9.95. The van der Waals surface area contributed by atoms with Crippen LogP contribution in [0.15, 0.2) is 34.1 Å². The number of benzene rings is 1. The second-order valence-corrected chi connectivity index (χ2v) is 8.69. The lowest BCUT2D eigenvalue weighted by molar-refractivity contribution is -0.135. The van der Waals surface area contributed by atoms with Gasteiger partial charge < -0.3 is 10.2 Å². The van der Waals surface area contributed by atoms with Gasteiger partial charge in [-0.3, -0.25) is 9.59 Å². The second-order valence-electron chi connectivity index (χ2n) is 6.91. The molecule has 0 atom stereocenters. The molecule has 136 valence electrons. The van der Waals surface area contributed by atoms with Crippen molar-refractivity contribution in [3.63, 3.8) is 0 Å². The molecule has 1 saturated heterocycles. The highest BCUT2D eigenvalue weighted by Crippen LogP contribution is 2.33. The molecule has 2 aliphatic rings. The number of aromatic nitrogens is 1. The fourth-order valence-corrected chi connectivity index (χ4v) is 4.39. The van der Waals surface area contributed by atoms with Gasteiger partial charge >= 0.3 is 0 Å². The van der Waals surface area contributed by atoms with Gasteiger partial charge in [-0.2, -0.15) is 0 Å². The fourth-order valence-electron chi connectivity index (χ4n) is 3.27. The molecule has 2 amide bonds. The molecule has 0 bridgehead atoms. The molecule has 0 radical (unpaired) electrons. The van der Waals surface area contributed by atoms with Gasteiger partial charge in [0.15, 0.2) is 5.13 Å². The summed E-state index contributed by atoms with van der Waals surface area (Å²) in [6.45, 7) is 1.38. The number of carbonyl (C=O) groups excluding carboxylic acids is 2. The zero-order valence-electron chi connectivity index (χ0n) is 14.3. The molecule has 2 fully saturated rings. The van der Waals surface area contributed by atoms with Crippen LogP contribution >= 0.6 is 27.3 Å². The lowest BCUT2D eigenvalue weighted by Gasteiger charge is -2.31. The van der Waals surface area contributed by atoms with Crippen molar-refractivity contribution < 1.29 is 9.59 Å². The molecule has 1 aromatic carbocycles. The Labute approximate surface area is 164 Å². The minimum absolute atomic E-state index is 0.0127. The number of carbonyl (C=O) groups is 2. The number of likely N-dealkylation sites (tertiary alicyclic amines) is 1. The number of nitrogens with one attached hydrogen (secondary N) is 1. The number of hydrogen-bond donors (Lipinski definition) is 1. The summed E-state index contributed by atoms with van der Waals surface area (Å²) in [6, 6.07) is 7.94. The number of hydrogen-bond acceptors (Lipinski definition) is 4. The summed E-state index contributed by atoms with van der Waals surface area (Å²) >= 11 is 4.90. The first-order valence-electron chi connectivity index (χ1n) is 8.91. The molecule has 0 unspecified atom stereocenters. The van der Waals surface area contributed by atoms with Crippen molar-refractivity contribution >= 4 is 44.2 Å². The van der Waals surface area contributed by atoms with Crippen LogP contribution in [0.5, 0.6) is 0 Å². The normalized spacial score (nSPS) is 18.0. The highest BCUT2D eigenvalue weighted by atomic mass is 79.9. The molecule has 1 aromatic heterocycles. The van der Waals surface area contributed by atoms with Crippen LogP contribution in [0.1, 0.15) is 25.7 Å². The Bertz CT molecular complexity index is 826. The van der Waals surface area contributed by atoms with Crippen LogP contribution in [0.4, 0.5) is 5.13 Å². The molecule has 4 rings (SSSR count). The Morgan fingerprint density at radius 3 is 2.62 bits per heavy atom. The standard InChI is InChI=1S/C19H20BrN3O2S/c20-15-3-1-2-14(10-15)16-11-26-19(21-16)22-17(24)12-6-8-23(9-7-12)18(25)13-4-5-13/h1-3,10-13H,4-9H2,(H,21,22,24). The average molecular weight is 434 g/mol. The van der Waals surface area contributed by atoms with Crippen molar-refractivity contribution in [2.75, 3.05) is 18.4 Å². The number of halogens is 1. The number of thiazole rings is 1. The first-order valence-corrected chi connectivity index (χ1v) is 10.6. The van der Waals surface area contributed by atoms with Gasteiger partial charge in [0.05, 0.1) is 5.69 Å². The zero-order chi connectivity index (χ0) is 18.1. The van der Waals surface area contributed by atoms with E-state index in [0.29, 0.717) is 18.2 Å². The molecular formula is C19H20BrN3O2S. The van der Waals surface area contributed by atoms with Gasteiger partial charge in [-0.25, -0.2) is 4.98 Å². The van der Waals surface area contributed by atoms with E-state index in [9.17, 15) is 9.59 Å². The van der Waals surface area contributed by atoms with E-state index < -0.39 is 0 Å². The first-order chi connectivity index (χ1) is 12.6. The van der Waals surface area contributed by atoms with E-state index >= 15 is 0 Å². The van der Waals surface area contributed by atoms with Gasteiger partial charge in [-0.15, -0.1) is 11.3 Å². The van der Waals surface area contributed by atoms with Crippen molar-refractivity contribution in [3.05, 3.63) is 34.1 Å². The van der Waals surface area contributed by atoms with Crippen molar-refractivity contribution in [1.29, 1.82) is 0 Å². The minimum atomic E-state index is -0.0449. The van der Waals surface area contributed by atoms with Crippen LogP contribution < -0.4 is 5.32 Å². The van der Waals surface area contributed by atoms with Crippen LogP contribution in [0.3, 0.4) is 0 Å². The van der Waals surface area contributed by atoms with E-state index in [-0.39, 0.29) is 23.7 Å². The van der Waals surface area contributed by atoms with Gasteiger partial charge in [0.2, 0.25) is 11.8 Å². The third-order valence-corrected chi connectivity index (χ3v) is 6.21. The van der Waals surface area contributed by atoms with E-state index in [0.717, 1.165) is 41.4 Å². The molecule has 2 heterocycles. The summed E-state index contributed by atoms with van der Waals surface area (Å²) in [7, 11) is 0. The molecule has 7 heteroatoms. The average Bonchev–Trinajstić information content (AvgIpc) is 3.40. The van der Waals surface area contributed by atoms with E-state index in [4.69, 9.17) is 0 Å². The fraction of sp³-hybridized carbons (Fsp3) is 0.421. The molecule has 1 saturated carbocycles. The zero-order valence-corrected chi connectivity index (χ0v) is 16.7. The Kier molecular flexibility index (Phi) is 5.09. The Morgan fingerprint density at radius 2 is 1.92 bits per heavy atom. The topological polar surface area (TPSA) is 62.3 Å². The highest BCUT2D eigenvalue weighted by Gasteiger charge is 2.36. The molecule has 1 N–H and O–H groups in total. The molecule has 2 aromatic rings. The van der Waals surface area contributed by atoms with Crippen molar-refractivity contribution in [3.8, 4) is 11.3 Å². The van der Waals surface area contributed by atoms with Gasteiger partial charge in [0.25, 0.3) is 0 Å². The smallest absolute Gasteiger partial charge is 0.229 e. The summed E-state index contributed by atoms with van der Waals surface area (Å²) < 4.78 is 1.00. The SMILES string of the molecule is O=C(Nc1nc(-c2cccc(Br)c2)cs1)C1CCN(C(=O)C2CC2)CC1. The Hall–Kier alpha value is -1.73. The van der Waals surface area contributed by atoms with E-state index in [1.54, 1.807) is 0 Å². The third-order valence-electron chi connectivity index (χ3n) is 4.96. The summed E-state index contributed by atoms with van der Waals surface area (Å²) in [6.07, 6.45) is 3.52. The van der Waals surface area contributed by atoms with Crippen molar-refractivity contribution in [2.24, 2.45) is 11.8 Å². The molecular weight excluding hydrogens is 414 g/mol. The maximum atomic E-state index is 12.5. The predicted octanol–water partition coefficient (Wildman–Crippen LogP) is 4.16. The van der Waals surface area contributed by atoms with E-state index in [1.807, 2.05) is 34.5 Å². The Morgan fingerprint density at radius 1 is 1.15 bits per heavy atom. The highest BCUT2D eigenvalue weighted by molar-refractivity contribution is 9.10. The molecule has 26 heavy (non-hydrogen) atoms. The third kappa shape index (κ3) is 3.99. The van der Waals surface area contributed by atoms with Crippen LogP contribution in [-0.2, 0) is 9.59 Å². The van der Waals surface area contributed by atoms with Gasteiger partial charge in [0, 0.05) is 40.3 Å². The predicted molar refractivity (Wildman–Crippen MR) is 106 cm³/mol. The summed E-state index contributed by atoms with van der Waals surface area (Å²) in [5.74, 6) is 0.504. The largest absolute Gasteiger partial charge is 0.342 e. The molecule has 1 aliphatic carbocycles. The van der Waals surface area contributed by atoms with Gasteiger partial charge in [-0.1, -0.05) is 28.1 Å². The lowest BCUT2D eigenvalue weighted by Crippen LogP contribution is -2.42. The van der Waals surface area contributed by atoms with Crippen LogP contribution in [-0.4, -0.2) is 34.8 Å². The number of nitrogens with zero attached hydrogens (tertiary/aromatic N) is 2. The van der Waals surface area contributed by atoms with Crippen LogP contribution in [0, 0.1) is 11.8 Å². The number of anilines is 1. The summed E-state index contributed by atoms with van der Waals surface area (Å²) in [4.78, 5) is 31.1. The first kappa shape index (κ1) is 17.7.